The minimum absolute atomic E-state index is 0.00940. The number of halogens is 1. The van der Waals surface area contributed by atoms with Crippen LogP contribution in [-0.2, 0) is 11.3 Å². The molecule has 8 heteroatoms. The maximum Gasteiger partial charge on any atom is 0.253 e. The average Bonchev–Trinajstić information content (AvgIpc) is 3.15. The van der Waals surface area contributed by atoms with E-state index in [2.05, 4.69) is 21.7 Å². The van der Waals surface area contributed by atoms with Crippen LogP contribution in [0.15, 0.2) is 11.0 Å². The van der Waals surface area contributed by atoms with Gasteiger partial charge in [0, 0.05) is 12.1 Å². The molecule has 0 saturated carbocycles. The molecule has 1 aromatic rings. The first-order chi connectivity index (χ1) is 12.3. The Kier molecular flexibility index (Phi) is 5.22. The molecule has 1 aromatic heterocycles. The zero-order valence-electron chi connectivity index (χ0n) is 15.1. The Morgan fingerprint density at radius 1 is 1.54 bits per heavy atom. The third kappa shape index (κ3) is 3.56. The van der Waals surface area contributed by atoms with Gasteiger partial charge < -0.3 is 16.4 Å². The standard InChI is InChI=1S/C18H23FN4O2S/c1-8(2)6-11(16(20)24)22-17-14(19)10-7-21-18(25)13(10)15(23-17)12-5-4-9(3)26-12/h4,8,11-12H,5-7H2,1-3H3,(H2,20,24)(H,21,25)(H,22,23)/t11-,12?/m1/s1. The number of carbonyl (C=O) groups excluding carboxylic acids is 2. The maximum absolute atomic E-state index is 15.0. The van der Waals surface area contributed by atoms with Gasteiger partial charge >= 0.3 is 0 Å². The van der Waals surface area contributed by atoms with E-state index in [0.717, 1.165) is 11.3 Å². The van der Waals surface area contributed by atoms with E-state index in [1.54, 1.807) is 11.8 Å². The molecular weight excluding hydrogens is 355 g/mol. The molecule has 0 aromatic carbocycles. The molecule has 0 saturated heterocycles. The highest BCUT2D eigenvalue weighted by Crippen LogP contribution is 2.45. The van der Waals surface area contributed by atoms with Gasteiger partial charge in [-0.05, 0) is 30.6 Å². The van der Waals surface area contributed by atoms with Crippen LogP contribution in [0.3, 0.4) is 0 Å². The lowest BCUT2D eigenvalue weighted by molar-refractivity contribution is -0.119. The number of nitrogens with zero attached hydrogens (tertiary/aromatic N) is 1. The van der Waals surface area contributed by atoms with Crippen LogP contribution < -0.4 is 16.4 Å². The van der Waals surface area contributed by atoms with Gasteiger partial charge in [0.25, 0.3) is 5.91 Å². The van der Waals surface area contributed by atoms with Gasteiger partial charge in [-0.1, -0.05) is 19.9 Å². The molecule has 1 unspecified atom stereocenters. The molecule has 0 fully saturated rings. The van der Waals surface area contributed by atoms with E-state index in [1.165, 1.54) is 0 Å². The quantitative estimate of drug-likeness (QED) is 0.707. The Morgan fingerprint density at radius 3 is 2.85 bits per heavy atom. The molecule has 0 bridgehead atoms. The smallest absolute Gasteiger partial charge is 0.253 e. The predicted octanol–water partition coefficient (Wildman–Crippen LogP) is 2.86. The van der Waals surface area contributed by atoms with Crippen LogP contribution in [-0.4, -0.2) is 22.8 Å². The Morgan fingerprint density at radius 2 is 2.27 bits per heavy atom. The summed E-state index contributed by atoms with van der Waals surface area (Å²) < 4.78 is 15.0. The van der Waals surface area contributed by atoms with Crippen molar-refractivity contribution in [2.45, 2.75) is 51.4 Å². The minimum Gasteiger partial charge on any atom is -0.368 e. The fraction of sp³-hybridized carbons (Fsp3) is 0.500. The zero-order valence-corrected chi connectivity index (χ0v) is 15.9. The molecule has 0 spiro atoms. The summed E-state index contributed by atoms with van der Waals surface area (Å²) in [7, 11) is 0. The Balaban J connectivity index is 2.01. The van der Waals surface area contributed by atoms with Crippen molar-refractivity contribution in [3.63, 3.8) is 0 Å². The maximum atomic E-state index is 15.0. The number of hydrogen-bond donors (Lipinski definition) is 3. The van der Waals surface area contributed by atoms with Crippen LogP contribution in [0.25, 0.3) is 0 Å². The van der Waals surface area contributed by atoms with Gasteiger partial charge in [0.2, 0.25) is 5.91 Å². The summed E-state index contributed by atoms with van der Waals surface area (Å²) in [6.45, 7) is 6.04. The molecule has 3 heterocycles. The van der Waals surface area contributed by atoms with Crippen molar-refractivity contribution < 1.29 is 14.0 Å². The first-order valence-corrected chi connectivity index (χ1v) is 9.55. The monoisotopic (exact) mass is 378 g/mol. The largest absolute Gasteiger partial charge is 0.368 e. The van der Waals surface area contributed by atoms with Crippen molar-refractivity contribution in [1.82, 2.24) is 10.3 Å². The van der Waals surface area contributed by atoms with Gasteiger partial charge in [0.15, 0.2) is 11.6 Å². The van der Waals surface area contributed by atoms with Crippen molar-refractivity contribution in [3.05, 3.63) is 33.6 Å². The zero-order chi connectivity index (χ0) is 19.0. The molecule has 6 nitrogen and oxygen atoms in total. The lowest BCUT2D eigenvalue weighted by Gasteiger charge is -2.21. The summed E-state index contributed by atoms with van der Waals surface area (Å²) >= 11 is 1.61. The molecule has 0 radical (unpaired) electrons. The predicted molar refractivity (Wildman–Crippen MR) is 100 cm³/mol. The van der Waals surface area contributed by atoms with Crippen LogP contribution in [0.5, 0.6) is 0 Å². The molecular formula is C18H23FN4O2S. The number of nitrogens with one attached hydrogen (secondary N) is 2. The molecule has 140 valence electrons. The normalized spacial score (nSPS) is 20.0. The van der Waals surface area contributed by atoms with Crippen molar-refractivity contribution >= 4 is 29.4 Å². The summed E-state index contributed by atoms with van der Waals surface area (Å²) in [5.74, 6) is -1.25. The Bertz CT molecular complexity index is 794. The lowest BCUT2D eigenvalue weighted by Crippen LogP contribution is -2.37. The van der Waals surface area contributed by atoms with Crippen molar-refractivity contribution in [3.8, 4) is 0 Å². The Hall–Kier alpha value is -2.09. The number of thioether (sulfide) groups is 1. The highest BCUT2D eigenvalue weighted by molar-refractivity contribution is 8.03. The average molecular weight is 378 g/mol. The number of pyridine rings is 1. The number of amides is 2. The molecule has 2 aliphatic heterocycles. The molecule has 2 amide bonds. The number of fused-ring (bicyclic) bond motifs is 1. The van der Waals surface area contributed by atoms with Gasteiger partial charge in [-0.15, -0.1) is 11.8 Å². The second-order valence-corrected chi connectivity index (χ2v) is 8.53. The van der Waals surface area contributed by atoms with Crippen molar-refractivity contribution in [2.75, 3.05) is 5.32 Å². The van der Waals surface area contributed by atoms with Crippen molar-refractivity contribution in [1.29, 1.82) is 0 Å². The second-order valence-electron chi connectivity index (χ2n) is 7.08. The molecule has 2 aliphatic rings. The van der Waals surface area contributed by atoms with Crippen LogP contribution in [0.1, 0.15) is 60.5 Å². The van der Waals surface area contributed by atoms with Crippen LogP contribution in [0, 0.1) is 11.7 Å². The number of carbonyl (C=O) groups is 2. The van der Waals surface area contributed by atoms with Gasteiger partial charge in [-0.2, -0.15) is 0 Å². The van der Waals surface area contributed by atoms with Gasteiger partial charge in [-0.25, -0.2) is 9.37 Å². The molecule has 2 atom stereocenters. The molecule has 26 heavy (non-hydrogen) atoms. The van der Waals surface area contributed by atoms with Gasteiger partial charge in [-0.3, -0.25) is 9.59 Å². The fourth-order valence-electron chi connectivity index (χ4n) is 3.28. The number of hydrogen-bond acceptors (Lipinski definition) is 5. The van der Waals surface area contributed by atoms with E-state index in [-0.39, 0.29) is 29.4 Å². The summed E-state index contributed by atoms with van der Waals surface area (Å²) in [5.41, 5.74) is 6.66. The number of nitrogens with two attached hydrogens (primary N) is 1. The topological polar surface area (TPSA) is 97.1 Å². The number of primary amides is 1. The van der Waals surface area contributed by atoms with Gasteiger partial charge in [0.05, 0.1) is 16.5 Å². The van der Waals surface area contributed by atoms with Crippen LogP contribution in [0.4, 0.5) is 10.2 Å². The third-order valence-corrected chi connectivity index (χ3v) is 5.77. The molecule has 3 rings (SSSR count). The van der Waals surface area contributed by atoms with Gasteiger partial charge in [0.1, 0.15) is 6.04 Å². The molecule has 0 aliphatic carbocycles. The van der Waals surface area contributed by atoms with Crippen LogP contribution >= 0.6 is 11.8 Å². The second kappa shape index (κ2) is 7.26. The number of rotatable bonds is 6. The minimum atomic E-state index is -0.718. The number of anilines is 1. The molecule has 4 N–H and O–H groups in total. The first-order valence-electron chi connectivity index (χ1n) is 8.67. The van der Waals surface area contributed by atoms with E-state index in [0.29, 0.717) is 23.2 Å². The SMILES string of the molecule is CC1=CCC(c2nc(N[C@H](CC(C)C)C(N)=O)c(F)c3c2C(=O)NC3)S1. The van der Waals surface area contributed by atoms with E-state index < -0.39 is 17.8 Å². The highest BCUT2D eigenvalue weighted by atomic mass is 32.2. The number of allylic oxidation sites excluding steroid dienone is 2. The lowest BCUT2D eigenvalue weighted by atomic mass is 10.0. The van der Waals surface area contributed by atoms with E-state index in [1.807, 2.05) is 20.8 Å². The number of aromatic nitrogens is 1. The Labute approximate surface area is 156 Å². The fourth-order valence-corrected chi connectivity index (χ4v) is 4.40. The first kappa shape index (κ1) is 18.7. The summed E-state index contributed by atoms with van der Waals surface area (Å²) in [6.07, 6.45) is 3.29. The summed E-state index contributed by atoms with van der Waals surface area (Å²) in [4.78, 5) is 29.6. The van der Waals surface area contributed by atoms with E-state index in [4.69, 9.17) is 5.73 Å². The highest BCUT2D eigenvalue weighted by Gasteiger charge is 2.34. The van der Waals surface area contributed by atoms with Crippen molar-refractivity contribution in [2.24, 2.45) is 11.7 Å². The van der Waals surface area contributed by atoms with Crippen LogP contribution in [0.2, 0.25) is 0 Å². The van der Waals surface area contributed by atoms with E-state index in [9.17, 15) is 14.0 Å². The van der Waals surface area contributed by atoms with E-state index >= 15 is 0 Å². The third-order valence-electron chi connectivity index (χ3n) is 4.53. The summed E-state index contributed by atoms with van der Waals surface area (Å²) in [6, 6.07) is -0.718. The summed E-state index contributed by atoms with van der Waals surface area (Å²) in [5, 5.41) is 5.51.